The number of amides is 2. The monoisotopic (exact) mass is 645 g/mol. The van der Waals surface area contributed by atoms with Crippen molar-refractivity contribution in [1.82, 2.24) is 10.2 Å². The van der Waals surface area contributed by atoms with E-state index in [2.05, 4.69) is 5.32 Å². The van der Waals surface area contributed by atoms with Gasteiger partial charge in [0, 0.05) is 24.6 Å². The molecule has 1 N–H and O–H groups in total. The fraction of sp³-hybridized carbons (Fsp3) is 0.278. The van der Waals surface area contributed by atoms with Crippen LogP contribution in [0.4, 0.5) is 10.1 Å². The van der Waals surface area contributed by atoms with E-state index in [1.165, 1.54) is 23.1 Å². The maximum atomic E-state index is 15.1. The number of carbonyl (C=O) groups excluding carboxylic acids is 2. The summed E-state index contributed by atoms with van der Waals surface area (Å²) in [6.07, 6.45) is 0.784. The van der Waals surface area contributed by atoms with Crippen molar-refractivity contribution in [2.45, 2.75) is 57.1 Å². The smallest absolute Gasteiger partial charge is 0.264 e. The summed E-state index contributed by atoms with van der Waals surface area (Å²) in [6.45, 7) is 4.90. The van der Waals surface area contributed by atoms with Crippen LogP contribution in [0.2, 0.25) is 0 Å². The van der Waals surface area contributed by atoms with E-state index in [0.717, 1.165) is 9.87 Å². The second kappa shape index (κ2) is 16.0. The molecule has 2 amide bonds. The molecule has 0 spiro atoms. The number of halogens is 1. The highest BCUT2D eigenvalue weighted by Gasteiger charge is 2.36. The Bertz CT molecular complexity index is 1700. The summed E-state index contributed by atoms with van der Waals surface area (Å²) in [6, 6.07) is 28.3. The zero-order valence-corrected chi connectivity index (χ0v) is 27.1. The van der Waals surface area contributed by atoms with Crippen molar-refractivity contribution in [3.8, 4) is 5.75 Å². The third-order valence-corrected chi connectivity index (χ3v) is 9.39. The van der Waals surface area contributed by atoms with Crippen LogP contribution >= 0.6 is 0 Å². The number of rotatable bonds is 15. The van der Waals surface area contributed by atoms with Gasteiger partial charge in [0.25, 0.3) is 10.0 Å². The molecule has 242 valence electrons. The van der Waals surface area contributed by atoms with Crippen LogP contribution in [0.25, 0.3) is 0 Å². The Hall–Kier alpha value is -4.70. The molecule has 0 heterocycles. The Morgan fingerprint density at radius 3 is 2.11 bits per heavy atom. The van der Waals surface area contributed by atoms with E-state index in [9.17, 15) is 18.0 Å². The number of hydrogen-bond acceptors (Lipinski definition) is 5. The molecule has 46 heavy (non-hydrogen) atoms. The molecule has 4 aromatic rings. The third-order valence-electron chi connectivity index (χ3n) is 7.61. The number of carbonyl (C=O) groups is 2. The molecule has 2 atom stereocenters. The van der Waals surface area contributed by atoms with Gasteiger partial charge in [-0.3, -0.25) is 13.9 Å². The number of anilines is 1. The summed E-state index contributed by atoms with van der Waals surface area (Å²) >= 11 is 0. The van der Waals surface area contributed by atoms with Crippen LogP contribution in [-0.2, 0) is 32.6 Å². The van der Waals surface area contributed by atoms with Gasteiger partial charge in [-0.05, 0) is 56.2 Å². The summed E-state index contributed by atoms with van der Waals surface area (Å²) in [7, 11) is -4.30. The summed E-state index contributed by atoms with van der Waals surface area (Å²) in [5, 5.41) is 2.97. The zero-order valence-electron chi connectivity index (χ0n) is 26.3. The van der Waals surface area contributed by atoms with Crippen molar-refractivity contribution < 1.29 is 27.1 Å². The number of sulfonamides is 1. The van der Waals surface area contributed by atoms with Crippen LogP contribution in [0.1, 0.15) is 38.3 Å². The number of nitrogens with zero attached hydrogens (tertiary/aromatic N) is 2. The summed E-state index contributed by atoms with van der Waals surface area (Å²) in [5.74, 6) is -1.38. The first-order valence-corrected chi connectivity index (χ1v) is 16.8. The predicted octanol–water partition coefficient (Wildman–Crippen LogP) is 5.97. The molecule has 0 aliphatic carbocycles. The Labute approximate surface area is 270 Å². The van der Waals surface area contributed by atoms with Gasteiger partial charge in [0.05, 0.1) is 17.2 Å². The highest BCUT2D eigenvalue weighted by atomic mass is 32.2. The molecule has 0 aromatic heterocycles. The number of nitrogens with one attached hydrogen (secondary N) is 1. The highest BCUT2D eigenvalue weighted by molar-refractivity contribution is 7.92. The fourth-order valence-electron chi connectivity index (χ4n) is 4.98. The Kier molecular flexibility index (Phi) is 11.9. The van der Waals surface area contributed by atoms with Gasteiger partial charge in [-0.25, -0.2) is 12.8 Å². The van der Waals surface area contributed by atoms with Crippen molar-refractivity contribution in [2.24, 2.45) is 0 Å². The van der Waals surface area contributed by atoms with Gasteiger partial charge < -0.3 is 15.0 Å². The maximum Gasteiger partial charge on any atom is 0.264 e. The van der Waals surface area contributed by atoms with Crippen LogP contribution in [0.5, 0.6) is 5.75 Å². The molecule has 0 unspecified atom stereocenters. The minimum absolute atomic E-state index is 0.0231. The van der Waals surface area contributed by atoms with Gasteiger partial charge in [-0.15, -0.1) is 0 Å². The predicted molar refractivity (Wildman–Crippen MR) is 177 cm³/mol. The van der Waals surface area contributed by atoms with E-state index < -0.39 is 40.2 Å². The summed E-state index contributed by atoms with van der Waals surface area (Å²) in [5.41, 5.74) is 1.14. The normalized spacial score (nSPS) is 12.5. The molecular weight excluding hydrogens is 605 g/mol. The summed E-state index contributed by atoms with van der Waals surface area (Å²) in [4.78, 5) is 29.7. The fourth-order valence-corrected chi connectivity index (χ4v) is 6.42. The lowest BCUT2D eigenvalue weighted by molar-refractivity contribution is -0.140. The topological polar surface area (TPSA) is 96.0 Å². The number of para-hydroxylation sites is 2. The second-order valence-corrected chi connectivity index (χ2v) is 12.7. The minimum Gasteiger partial charge on any atom is -0.492 e. The lowest BCUT2D eigenvalue weighted by Crippen LogP contribution is -2.54. The van der Waals surface area contributed by atoms with Crippen molar-refractivity contribution in [1.29, 1.82) is 0 Å². The van der Waals surface area contributed by atoms with Crippen molar-refractivity contribution in [2.75, 3.05) is 17.5 Å². The van der Waals surface area contributed by atoms with Gasteiger partial charge in [0.2, 0.25) is 11.8 Å². The average molecular weight is 646 g/mol. The van der Waals surface area contributed by atoms with E-state index in [1.54, 1.807) is 67.6 Å². The van der Waals surface area contributed by atoms with Crippen LogP contribution in [0.3, 0.4) is 0 Å². The van der Waals surface area contributed by atoms with Crippen LogP contribution < -0.4 is 14.4 Å². The Morgan fingerprint density at radius 2 is 1.46 bits per heavy atom. The van der Waals surface area contributed by atoms with Crippen LogP contribution in [0.15, 0.2) is 114 Å². The van der Waals surface area contributed by atoms with Gasteiger partial charge in [-0.1, -0.05) is 85.8 Å². The van der Waals surface area contributed by atoms with E-state index in [-0.39, 0.29) is 47.5 Å². The molecule has 0 aliphatic rings. The van der Waals surface area contributed by atoms with Crippen molar-refractivity contribution in [3.05, 3.63) is 126 Å². The molecular formula is C36H40FN3O5S. The van der Waals surface area contributed by atoms with Gasteiger partial charge >= 0.3 is 0 Å². The molecule has 8 nitrogen and oxygen atoms in total. The number of ether oxygens (including phenoxy) is 1. The standard InChI is InChI=1S/C36H40FN3O5S/c1-4-27(3)38-36(42)33(24-28-16-8-6-9-17-28)39(25-29-18-12-13-21-31(29)37)35(41)26-40(32-22-14-15-23-34(32)45-5-2)46(43,44)30-19-10-7-11-20-30/h6-23,27,33H,4-5,24-26H2,1-3H3,(H,38,42)/t27-,33-/m0/s1. The number of hydrogen-bond donors (Lipinski definition) is 1. The molecule has 0 saturated carbocycles. The average Bonchev–Trinajstić information content (AvgIpc) is 3.07. The first kappa shape index (κ1) is 34.2. The SMILES string of the molecule is CCOc1ccccc1N(CC(=O)N(Cc1ccccc1F)[C@@H](Cc1ccccc1)C(=O)N[C@@H](C)CC)S(=O)(=O)c1ccccc1. The van der Waals surface area contributed by atoms with E-state index in [1.807, 2.05) is 44.2 Å². The largest absolute Gasteiger partial charge is 0.492 e. The Morgan fingerprint density at radius 1 is 0.848 bits per heavy atom. The van der Waals surface area contributed by atoms with Crippen LogP contribution in [-0.4, -0.2) is 50.4 Å². The molecule has 0 bridgehead atoms. The van der Waals surface area contributed by atoms with Gasteiger partial charge in [0.1, 0.15) is 24.2 Å². The van der Waals surface area contributed by atoms with E-state index in [0.29, 0.717) is 6.42 Å². The minimum atomic E-state index is -4.30. The molecule has 0 aliphatic heterocycles. The van der Waals surface area contributed by atoms with Crippen LogP contribution in [0, 0.1) is 5.82 Å². The maximum absolute atomic E-state index is 15.1. The molecule has 10 heteroatoms. The van der Waals surface area contributed by atoms with Gasteiger partial charge in [-0.2, -0.15) is 0 Å². The first-order chi connectivity index (χ1) is 22.1. The van der Waals surface area contributed by atoms with E-state index >= 15 is 4.39 Å². The van der Waals surface area contributed by atoms with Crippen molar-refractivity contribution in [3.63, 3.8) is 0 Å². The molecule has 0 fully saturated rings. The van der Waals surface area contributed by atoms with Crippen molar-refractivity contribution >= 4 is 27.5 Å². The lowest BCUT2D eigenvalue weighted by Gasteiger charge is -2.34. The lowest BCUT2D eigenvalue weighted by atomic mass is 10.0. The Balaban J connectivity index is 1.84. The molecule has 0 saturated heterocycles. The molecule has 0 radical (unpaired) electrons. The first-order valence-electron chi connectivity index (χ1n) is 15.3. The second-order valence-electron chi connectivity index (χ2n) is 10.9. The highest BCUT2D eigenvalue weighted by Crippen LogP contribution is 2.33. The molecule has 4 rings (SSSR count). The zero-order chi connectivity index (χ0) is 33.1. The molecule has 4 aromatic carbocycles. The quantitative estimate of drug-likeness (QED) is 0.172. The summed E-state index contributed by atoms with van der Waals surface area (Å²) < 4.78 is 50.3. The number of benzene rings is 4. The van der Waals surface area contributed by atoms with Gasteiger partial charge in [0.15, 0.2) is 0 Å². The third kappa shape index (κ3) is 8.51. The van der Waals surface area contributed by atoms with E-state index in [4.69, 9.17) is 4.74 Å².